The summed E-state index contributed by atoms with van der Waals surface area (Å²) in [5.41, 5.74) is 1.92. The van der Waals surface area contributed by atoms with Crippen molar-refractivity contribution in [1.29, 1.82) is 0 Å². The summed E-state index contributed by atoms with van der Waals surface area (Å²) in [6.45, 7) is 5.61. The van der Waals surface area contributed by atoms with Crippen LogP contribution >= 0.6 is 11.6 Å². The summed E-state index contributed by atoms with van der Waals surface area (Å²) in [4.78, 5) is 26.4. The summed E-state index contributed by atoms with van der Waals surface area (Å²) in [6.07, 6.45) is 1.81. The second-order valence-corrected chi connectivity index (χ2v) is 9.44. The van der Waals surface area contributed by atoms with Gasteiger partial charge in [0.25, 0.3) is 0 Å². The van der Waals surface area contributed by atoms with Crippen LogP contribution in [0.1, 0.15) is 43.6 Å². The minimum absolute atomic E-state index is 0.193. The van der Waals surface area contributed by atoms with Gasteiger partial charge in [-0.25, -0.2) is 9.78 Å². The van der Waals surface area contributed by atoms with Crippen molar-refractivity contribution in [2.45, 2.75) is 39.0 Å². The highest BCUT2D eigenvalue weighted by atomic mass is 35.5. The molecule has 0 saturated heterocycles. The molecule has 0 bridgehead atoms. The van der Waals surface area contributed by atoms with Crippen molar-refractivity contribution in [2.24, 2.45) is 0 Å². The third-order valence-corrected chi connectivity index (χ3v) is 5.54. The highest BCUT2D eigenvalue weighted by Crippen LogP contribution is 2.34. The molecule has 4 rings (SSSR count). The van der Waals surface area contributed by atoms with Crippen molar-refractivity contribution in [3.05, 3.63) is 82.6 Å². The number of hydrogen-bond acceptors (Lipinski definition) is 6. The molecular formula is C26H27ClN4O4. The number of benzene rings is 1. The minimum atomic E-state index is -1.02. The largest absolute Gasteiger partial charge is 0.481 e. The van der Waals surface area contributed by atoms with Gasteiger partial charge in [-0.05, 0) is 62.7 Å². The van der Waals surface area contributed by atoms with Gasteiger partial charge in [0, 0.05) is 33.9 Å². The molecule has 0 aliphatic rings. The Labute approximate surface area is 208 Å². The maximum Gasteiger partial charge on any atom is 0.416 e. The predicted octanol–water partition coefficient (Wildman–Crippen LogP) is 5.64. The van der Waals surface area contributed by atoms with E-state index in [0.29, 0.717) is 27.6 Å². The summed E-state index contributed by atoms with van der Waals surface area (Å²) in [6, 6.07) is 14.2. The number of H-pyrrole nitrogens is 1. The molecule has 1 atom stereocenters. The molecule has 0 fully saturated rings. The highest BCUT2D eigenvalue weighted by molar-refractivity contribution is 6.30. The Hall–Kier alpha value is -3.62. The van der Waals surface area contributed by atoms with Crippen LogP contribution in [0.4, 0.5) is 10.6 Å². The predicted molar refractivity (Wildman–Crippen MR) is 135 cm³/mol. The number of carbonyl (C=O) groups excluding carboxylic acids is 1. The summed E-state index contributed by atoms with van der Waals surface area (Å²) < 4.78 is 11.1. The van der Waals surface area contributed by atoms with E-state index in [9.17, 15) is 9.90 Å². The SMILES string of the molecule is COc1nc(N(Cc2ccc(Cl)cc2)C(=O)OC(C)(C)C)ccc1C(O)c1c[nH]c2ncccc12. The molecule has 3 heterocycles. The first-order chi connectivity index (χ1) is 16.7. The van der Waals surface area contributed by atoms with Gasteiger partial charge in [-0.2, -0.15) is 4.98 Å². The monoisotopic (exact) mass is 494 g/mol. The zero-order valence-electron chi connectivity index (χ0n) is 19.9. The first-order valence-electron chi connectivity index (χ1n) is 11.1. The third kappa shape index (κ3) is 5.55. The zero-order valence-corrected chi connectivity index (χ0v) is 20.7. The highest BCUT2D eigenvalue weighted by Gasteiger charge is 2.27. The lowest BCUT2D eigenvalue weighted by Gasteiger charge is -2.27. The van der Waals surface area contributed by atoms with E-state index < -0.39 is 17.8 Å². The maximum atomic E-state index is 13.1. The van der Waals surface area contributed by atoms with Gasteiger partial charge in [-0.15, -0.1) is 0 Å². The van der Waals surface area contributed by atoms with E-state index in [1.54, 1.807) is 63.5 Å². The molecule has 0 aliphatic heterocycles. The van der Waals surface area contributed by atoms with Gasteiger partial charge in [0.1, 0.15) is 23.2 Å². The number of aromatic amines is 1. The van der Waals surface area contributed by atoms with Gasteiger partial charge >= 0.3 is 6.09 Å². The number of nitrogens with one attached hydrogen (secondary N) is 1. The number of aliphatic hydroxyl groups is 1. The van der Waals surface area contributed by atoms with E-state index in [0.717, 1.165) is 10.9 Å². The number of pyridine rings is 2. The van der Waals surface area contributed by atoms with Crippen molar-refractivity contribution in [3.63, 3.8) is 0 Å². The topological polar surface area (TPSA) is 101 Å². The number of rotatable bonds is 6. The number of hydrogen-bond donors (Lipinski definition) is 2. The zero-order chi connectivity index (χ0) is 25.2. The Kier molecular flexibility index (Phi) is 6.95. The van der Waals surface area contributed by atoms with Gasteiger partial charge in [0.2, 0.25) is 5.88 Å². The van der Waals surface area contributed by atoms with Crippen LogP contribution < -0.4 is 9.64 Å². The van der Waals surface area contributed by atoms with Crippen molar-refractivity contribution >= 4 is 34.5 Å². The molecule has 1 aromatic carbocycles. The van der Waals surface area contributed by atoms with Crippen molar-refractivity contribution in [3.8, 4) is 5.88 Å². The molecule has 2 N–H and O–H groups in total. The number of methoxy groups -OCH3 is 1. The average Bonchev–Trinajstić information content (AvgIpc) is 3.26. The fourth-order valence-corrected chi connectivity index (χ4v) is 3.79. The fourth-order valence-electron chi connectivity index (χ4n) is 3.66. The van der Waals surface area contributed by atoms with Crippen LogP contribution in [0.15, 0.2) is 60.9 Å². The number of anilines is 1. The Morgan fingerprint density at radius 1 is 1.14 bits per heavy atom. The van der Waals surface area contributed by atoms with Crippen molar-refractivity contribution in [2.75, 3.05) is 12.0 Å². The van der Waals surface area contributed by atoms with E-state index in [2.05, 4.69) is 15.0 Å². The molecule has 8 nitrogen and oxygen atoms in total. The van der Waals surface area contributed by atoms with Gasteiger partial charge in [0.05, 0.1) is 13.7 Å². The van der Waals surface area contributed by atoms with Crippen LogP contribution in [0.2, 0.25) is 5.02 Å². The van der Waals surface area contributed by atoms with Gasteiger partial charge < -0.3 is 19.6 Å². The van der Waals surface area contributed by atoms with Crippen LogP contribution in [0.3, 0.4) is 0 Å². The Morgan fingerprint density at radius 2 is 1.89 bits per heavy atom. The summed E-state index contributed by atoms with van der Waals surface area (Å²) in [5.74, 6) is 0.514. The molecule has 9 heteroatoms. The second-order valence-electron chi connectivity index (χ2n) is 9.01. The van der Waals surface area contributed by atoms with Gasteiger partial charge in [0.15, 0.2) is 0 Å². The molecule has 4 aromatic rings. The minimum Gasteiger partial charge on any atom is -0.481 e. The smallest absolute Gasteiger partial charge is 0.416 e. The molecule has 3 aromatic heterocycles. The number of aliphatic hydroxyl groups excluding tert-OH is 1. The molecule has 0 radical (unpaired) electrons. The number of aromatic nitrogens is 3. The number of ether oxygens (including phenoxy) is 2. The van der Waals surface area contributed by atoms with E-state index in [1.807, 2.05) is 18.2 Å². The molecule has 0 spiro atoms. The van der Waals surface area contributed by atoms with Crippen LogP contribution in [0.5, 0.6) is 5.88 Å². The van der Waals surface area contributed by atoms with Crippen LogP contribution in [-0.2, 0) is 11.3 Å². The van der Waals surface area contributed by atoms with E-state index >= 15 is 0 Å². The number of amides is 1. The Morgan fingerprint density at radius 3 is 2.57 bits per heavy atom. The Balaban J connectivity index is 1.70. The van der Waals surface area contributed by atoms with Gasteiger partial charge in [-0.1, -0.05) is 23.7 Å². The van der Waals surface area contributed by atoms with E-state index in [4.69, 9.17) is 21.1 Å². The number of carbonyl (C=O) groups is 1. The lowest BCUT2D eigenvalue weighted by molar-refractivity contribution is 0.0576. The molecular weight excluding hydrogens is 468 g/mol. The van der Waals surface area contributed by atoms with Crippen LogP contribution in [-0.4, -0.2) is 38.9 Å². The van der Waals surface area contributed by atoms with Crippen LogP contribution in [0.25, 0.3) is 11.0 Å². The third-order valence-electron chi connectivity index (χ3n) is 5.29. The standard InChI is InChI=1S/C26H27ClN4O4/c1-26(2,3)35-25(33)31(15-16-7-9-17(27)10-8-16)21-12-11-19(24(30-21)34-4)22(32)20-14-29-23-18(20)6-5-13-28-23/h5-14,22,32H,15H2,1-4H3,(H,28,29). The first-order valence-corrected chi connectivity index (χ1v) is 11.4. The normalized spacial score (nSPS) is 12.4. The number of fused-ring (bicyclic) bond motifs is 1. The molecule has 182 valence electrons. The summed E-state index contributed by atoms with van der Waals surface area (Å²) in [5, 5.41) is 12.6. The quantitative estimate of drug-likeness (QED) is 0.359. The molecule has 0 aliphatic carbocycles. The summed E-state index contributed by atoms with van der Waals surface area (Å²) in [7, 11) is 1.47. The fraction of sp³-hybridized carbons (Fsp3) is 0.269. The maximum absolute atomic E-state index is 13.1. The average molecular weight is 495 g/mol. The molecule has 0 saturated carbocycles. The lowest BCUT2D eigenvalue weighted by Crippen LogP contribution is -2.37. The number of nitrogens with zero attached hydrogens (tertiary/aromatic N) is 3. The summed E-state index contributed by atoms with van der Waals surface area (Å²) >= 11 is 6.02. The molecule has 1 unspecified atom stereocenters. The van der Waals surface area contributed by atoms with E-state index in [1.165, 1.54) is 12.0 Å². The Bertz CT molecular complexity index is 1330. The van der Waals surface area contributed by atoms with Gasteiger partial charge in [-0.3, -0.25) is 4.90 Å². The van der Waals surface area contributed by atoms with Crippen molar-refractivity contribution in [1.82, 2.24) is 15.0 Å². The van der Waals surface area contributed by atoms with Crippen LogP contribution in [0, 0.1) is 0 Å². The van der Waals surface area contributed by atoms with Crippen molar-refractivity contribution < 1.29 is 19.4 Å². The number of halogens is 1. The molecule has 1 amide bonds. The first kappa shape index (κ1) is 24.5. The molecule has 35 heavy (non-hydrogen) atoms. The van der Waals surface area contributed by atoms with E-state index in [-0.39, 0.29) is 12.4 Å². The second kappa shape index (κ2) is 9.93. The lowest BCUT2D eigenvalue weighted by atomic mass is 10.0.